The first-order valence-electron chi connectivity index (χ1n) is 12.7. The molecule has 1 atom stereocenters. The first-order chi connectivity index (χ1) is 17.9. The summed E-state index contributed by atoms with van der Waals surface area (Å²) in [6.45, 7) is 7.26. The van der Waals surface area contributed by atoms with Gasteiger partial charge in [0.25, 0.3) is 5.91 Å². The summed E-state index contributed by atoms with van der Waals surface area (Å²) >= 11 is 6.09. The van der Waals surface area contributed by atoms with Gasteiger partial charge in [-0.25, -0.2) is 9.59 Å². The fourth-order valence-corrected chi connectivity index (χ4v) is 5.00. The highest BCUT2D eigenvalue weighted by atomic mass is 35.5. The average molecular weight is 525 g/mol. The van der Waals surface area contributed by atoms with Crippen LogP contribution < -0.4 is 5.32 Å². The SMILES string of the molecule is CCOC(=O)C1=C(CN2CCCN(C(=O)c3ccccc3)CC2)N(CC)C(=O)N[C@@H]1c1ccc(Cl)cc1. The second-order valence-electron chi connectivity index (χ2n) is 9.05. The third-order valence-electron chi connectivity index (χ3n) is 6.72. The van der Waals surface area contributed by atoms with Gasteiger partial charge in [-0.1, -0.05) is 41.9 Å². The fourth-order valence-electron chi connectivity index (χ4n) is 4.87. The van der Waals surface area contributed by atoms with Gasteiger partial charge < -0.3 is 15.0 Å². The number of halogens is 1. The number of amides is 3. The molecule has 8 nitrogen and oxygen atoms in total. The Kier molecular flexibility index (Phi) is 8.84. The molecule has 2 heterocycles. The minimum Gasteiger partial charge on any atom is -0.463 e. The molecule has 1 saturated heterocycles. The van der Waals surface area contributed by atoms with Crippen molar-refractivity contribution >= 4 is 29.5 Å². The zero-order valence-electron chi connectivity index (χ0n) is 21.3. The zero-order valence-corrected chi connectivity index (χ0v) is 22.0. The first kappa shape index (κ1) is 26.7. The molecule has 37 heavy (non-hydrogen) atoms. The number of hydrogen-bond acceptors (Lipinski definition) is 5. The molecule has 1 fully saturated rings. The maximum Gasteiger partial charge on any atom is 0.338 e. The predicted molar refractivity (Wildman–Crippen MR) is 142 cm³/mol. The Labute approximate surface area is 222 Å². The number of rotatable bonds is 7. The summed E-state index contributed by atoms with van der Waals surface area (Å²) < 4.78 is 5.45. The number of esters is 1. The lowest BCUT2D eigenvalue weighted by molar-refractivity contribution is -0.139. The summed E-state index contributed by atoms with van der Waals surface area (Å²) in [7, 11) is 0. The molecular weight excluding hydrogens is 492 g/mol. The van der Waals surface area contributed by atoms with E-state index in [2.05, 4.69) is 10.2 Å². The number of likely N-dealkylation sites (N-methyl/N-ethyl adjacent to an activating group) is 1. The molecule has 4 rings (SSSR count). The lowest BCUT2D eigenvalue weighted by Gasteiger charge is -2.38. The van der Waals surface area contributed by atoms with Crippen LogP contribution in [0.2, 0.25) is 5.02 Å². The third-order valence-corrected chi connectivity index (χ3v) is 6.98. The van der Waals surface area contributed by atoms with E-state index < -0.39 is 12.0 Å². The minimum atomic E-state index is -0.648. The van der Waals surface area contributed by atoms with Crippen molar-refractivity contribution in [2.75, 3.05) is 45.9 Å². The van der Waals surface area contributed by atoms with Crippen molar-refractivity contribution in [2.45, 2.75) is 26.3 Å². The Balaban J connectivity index is 1.62. The number of hydrogen-bond donors (Lipinski definition) is 1. The number of ether oxygens (including phenoxy) is 1. The highest BCUT2D eigenvalue weighted by molar-refractivity contribution is 6.30. The molecule has 0 bridgehead atoms. The van der Waals surface area contributed by atoms with Gasteiger partial charge in [-0.2, -0.15) is 0 Å². The van der Waals surface area contributed by atoms with E-state index in [9.17, 15) is 14.4 Å². The summed E-state index contributed by atoms with van der Waals surface area (Å²) in [5, 5.41) is 3.55. The van der Waals surface area contributed by atoms with Crippen LogP contribution in [0.5, 0.6) is 0 Å². The van der Waals surface area contributed by atoms with Crippen molar-refractivity contribution in [1.29, 1.82) is 0 Å². The minimum absolute atomic E-state index is 0.0175. The van der Waals surface area contributed by atoms with E-state index in [0.717, 1.165) is 18.5 Å². The van der Waals surface area contributed by atoms with E-state index in [0.29, 0.717) is 54.6 Å². The van der Waals surface area contributed by atoms with E-state index in [1.54, 1.807) is 24.0 Å². The Hall–Kier alpha value is -3.36. The molecular formula is C28H33ClN4O4. The lowest BCUT2D eigenvalue weighted by Crippen LogP contribution is -2.51. The number of nitrogens with zero attached hydrogens (tertiary/aromatic N) is 3. The highest BCUT2D eigenvalue weighted by Crippen LogP contribution is 2.32. The molecule has 9 heteroatoms. The number of nitrogens with one attached hydrogen (secondary N) is 1. The van der Waals surface area contributed by atoms with Gasteiger partial charge in [0.1, 0.15) is 0 Å². The summed E-state index contributed by atoms with van der Waals surface area (Å²) in [6.07, 6.45) is 0.791. The second-order valence-corrected chi connectivity index (χ2v) is 9.48. The second kappa shape index (κ2) is 12.3. The lowest BCUT2D eigenvalue weighted by atomic mass is 9.94. The Bertz CT molecular complexity index is 1150. The quantitative estimate of drug-likeness (QED) is 0.552. The van der Waals surface area contributed by atoms with Crippen LogP contribution in [-0.4, -0.2) is 78.5 Å². The molecule has 1 N–H and O–H groups in total. The van der Waals surface area contributed by atoms with E-state index in [4.69, 9.17) is 16.3 Å². The van der Waals surface area contributed by atoms with Gasteiger partial charge in [0.05, 0.1) is 18.2 Å². The molecule has 196 valence electrons. The zero-order chi connectivity index (χ0) is 26.4. The maximum absolute atomic E-state index is 13.3. The van der Waals surface area contributed by atoms with Crippen LogP contribution in [0.4, 0.5) is 4.79 Å². The van der Waals surface area contributed by atoms with Crippen LogP contribution in [0.3, 0.4) is 0 Å². The van der Waals surface area contributed by atoms with Gasteiger partial charge in [0.2, 0.25) is 0 Å². The van der Waals surface area contributed by atoms with Gasteiger partial charge in [0.15, 0.2) is 0 Å². The van der Waals surface area contributed by atoms with E-state index in [-0.39, 0.29) is 18.5 Å². The molecule has 0 saturated carbocycles. The molecule has 3 amide bonds. The van der Waals surface area contributed by atoms with Crippen LogP contribution in [-0.2, 0) is 9.53 Å². The van der Waals surface area contributed by atoms with Crippen molar-refractivity contribution in [3.05, 3.63) is 82.0 Å². The summed E-state index contributed by atoms with van der Waals surface area (Å²) in [4.78, 5) is 45.1. The first-order valence-corrected chi connectivity index (χ1v) is 13.1. The molecule has 2 aliphatic rings. The number of carbonyl (C=O) groups is 3. The van der Waals surface area contributed by atoms with Gasteiger partial charge >= 0.3 is 12.0 Å². The molecule has 2 aliphatic heterocycles. The van der Waals surface area contributed by atoms with E-state index in [1.807, 2.05) is 54.3 Å². The monoisotopic (exact) mass is 524 g/mol. The topological polar surface area (TPSA) is 82.2 Å². The van der Waals surface area contributed by atoms with Gasteiger partial charge in [0, 0.05) is 55.6 Å². The van der Waals surface area contributed by atoms with Crippen molar-refractivity contribution in [2.24, 2.45) is 0 Å². The number of carbonyl (C=O) groups excluding carboxylic acids is 3. The summed E-state index contributed by atoms with van der Waals surface area (Å²) in [6, 6.07) is 15.5. The predicted octanol–water partition coefficient (Wildman–Crippen LogP) is 4.09. The van der Waals surface area contributed by atoms with Crippen LogP contribution in [0.1, 0.15) is 42.2 Å². The Morgan fingerprint density at radius 1 is 1.00 bits per heavy atom. The highest BCUT2D eigenvalue weighted by Gasteiger charge is 2.38. The average Bonchev–Trinajstić information content (AvgIpc) is 3.15. The van der Waals surface area contributed by atoms with Crippen molar-refractivity contribution in [3.8, 4) is 0 Å². The van der Waals surface area contributed by atoms with Crippen LogP contribution in [0, 0.1) is 0 Å². The molecule has 2 aromatic rings. The molecule has 0 aromatic heterocycles. The van der Waals surface area contributed by atoms with Crippen molar-refractivity contribution < 1.29 is 19.1 Å². The van der Waals surface area contributed by atoms with Crippen LogP contribution >= 0.6 is 11.6 Å². The third kappa shape index (κ3) is 6.14. The van der Waals surface area contributed by atoms with Crippen LogP contribution in [0.25, 0.3) is 0 Å². The maximum atomic E-state index is 13.3. The van der Waals surface area contributed by atoms with E-state index >= 15 is 0 Å². The normalized spacial score (nSPS) is 18.9. The fraction of sp³-hybridized carbons (Fsp3) is 0.393. The Morgan fingerprint density at radius 2 is 1.73 bits per heavy atom. The largest absolute Gasteiger partial charge is 0.463 e. The van der Waals surface area contributed by atoms with Gasteiger partial charge in [-0.05, 0) is 50.1 Å². The number of urea groups is 1. The summed E-state index contributed by atoms with van der Waals surface area (Å²) in [5.74, 6) is -0.435. The van der Waals surface area contributed by atoms with Gasteiger partial charge in [-0.15, -0.1) is 0 Å². The van der Waals surface area contributed by atoms with Crippen molar-refractivity contribution in [1.82, 2.24) is 20.0 Å². The Morgan fingerprint density at radius 3 is 2.41 bits per heavy atom. The molecule has 0 spiro atoms. The summed E-state index contributed by atoms with van der Waals surface area (Å²) in [5.41, 5.74) is 2.49. The number of benzene rings is 2. The van der Waals surface area contributed by atoms with E-state index in [1.165, 1.54) is 0 Å². The standard InChI is InChI=1S/C28H33ClN4O4/c1-3-33-23(19-31-15-8-16-32(18-17-31)26(34)21-9-6-5-7-10-21)24(27(35)37-4-2)25(30-28(33)36)20-11-13-22(29)14-12-20/h5-7,9-14,25H,3-4,8,15-19H2,1-2H3,(H,30,36)/t25-/m1/s1. The molecule has 0 radical (unpaired) electrons. The smallest absolute Gasteiger partial charge is 0.338 e. The molecule has 0 unspecified atom stereocenters. The van der Waals surface area contributed by atoms with Gasteiger partial charge in [-0.3, -0.25) is 14.6 Å². The molecule has 2 aromatic carbocycles. The van der Waals surface area contributed by atoms with Crippen molar-refractivity contribution in [3.63, 3.8) is 0 Å². The van der Waals surface area contributed by atoms with Crippen LogP contribution in [0.15, 0.2) is 65.9 Å². The molecule has 0 aliphatic carbocycles.